The molecule has 4 aromatic rings. The monoisotopic (exact) mass is 647 g/mol. The summed E-state index contributed by atoms with van der Waals surface area (Å²) in [5, 5.41) is 15.4. The smallest absolute Gasteiger partial charge is 0.512 e. The van der Waals surface area contributed by atoms with Gasteiger partial charge in [0.05, 0.1) is 64.3 Å². The minimum Gasteiger partial charge on any atom is -0.512 e. The van der Waals surface area contributed by atoms with Crippen LogP contribution in [0.1, 0.15) is 44.3 Å². The molecule has 4 heterocycles. The summed E-state index contributed by atoms with van der Waals surface area (Å²) >= 11 is 6.79. The van der Waals surface area contributed by atoms with Crippen LogP contribution < -0.4 is 0 Å². The van der Waals surface area contributed by atoms with Crippen LogP contribution in [0.4, 0.5) is 4.39 Å². The first-order valence-electron chi connectivity index (χ1n) is 11.0. The van der Waals surface area contributed by atoms with E-state index in [2.05, 4.69) is 61.9 Å². The molecule has 2 unspecified atom stereocenters. The van der Waals surface area contributed by atoms with Gasteiger partial charge in [-0.1, -0.05) is 0 Å². The standard InChI is InChI=1S/C11H13N3OS.C10H13BrN2OS.CH3F.CN.Cu/c1-7(5-15-3)14-8(2)9(4-12)10-11(14)13-6-16-10;1-6(4-14-3)13-7(2)8(11)9-10(13)12-5-15-9;2*1-2;/h6-7H,5H2,1-3H3;5-6H,4H2,1-3H3;1H3;;/q;;;-1;+1/i;;1D;;. The van der Waals surface area contributed by atoms with Gasteiger partial charge in [0.15, 0.2) is 11.3 Å². The van der Waals surface area contributed by atoms with E-state index in [1.54, 1.807) is 31.1 Å². The van der Waals surface area contributed by atoms with E-state index >= 15 is 0 Å². The SMILES string of the molecule is COCC(C)n1c(C)c(Br)c2scnc21.COCC(C)n1c(C)c(C#N)c2scnc21.[2H]CF.[C-]#N.[Cu+]. The van der Waals surface area contributed by atoms with E-state index in [1.165, 1.54) is 21.7 Å². The van der Waals surface area contributed by atoms with E-state index in [0.29, 0.717) is 19.3 Å². The number of hydrogen-bond acceptors (Lipinski definition) is 8. The van der Waals surface area contributed by atoms with Gasteiger partial charge in [-0.3, -0.25) is 4.39 Å². The van der Waals surface area contributed by atoms with Gasteiger partial charge in [-0.15, -0.1) is 22.7 Å². The van der Waals surface area contributed by atoms with E-state index in [1.807, 2.05) is 12.4 Å². The number of aromatic nitrogens is 4. The number of rotatable bonds is 6. The normalized spacial score (nSPS) is 12.0. The maximum absolute atomic E-state index is 9.96. The van der Waals surface area contributed by atoms with Crippen molar-refractivity contribution in [3.8, 4) is 6.07 Å². The number of halogens is 2. The molecule has 2 atom stereocenters. The number of thiazole rings is 2. The van der Waals surface area contributed by atoms with Gasteiger partial charge >= 0.3 is 17.1 Å². The Morgan fingerprint density at radius 3 is 1.92 bits per heavy atom. The van der Waals surface area contributed by atoms with Crippen molar-refractivity contribution in [2.45, 2.75) is 39.8 Å². The van der Waals surface area contributed by atoms with Crippen molar-refractivity contribution < 1.29 is 32.3 Å². The van der Waals surface area contributed by atoms with Crippen LogP contribution in [0.15, 0.2) is 15.5 Å². The molecule has 13 heteroatoms. The van der Waals surface area contributed by atoms with Crippen LogP contribution in [0.5, 0.6) is 0 Å². The van der Waals surface area contributed by atoms with Gasteiger partial charge in [0.2, 0.25) is 0 Å². The summed E-state index contributed by atoms with van der Waals surface area (Å²) in [4.78, 5) is 8.73. The van der Waals surface area contributed by atoms with Crippen molar-refractivity contribution in [2.24, 2.45) is 0 Å². The summed E-state index contributed by atoms with van der Waals surface area (Å²) in [5.74, 6) is 0. The average molecular weight is 649 g/mol. The first-order valence-corrected chi connectivity index (χ1v) is 12.8. The molecule has 0 N–H and O–H groups in total. The molecular weight excluding hydrogens is 619 g/mol. The summed E-state index contributed by atoms with van der Waals surface area (Å²) in [6.45, 7) is 14.3. The second kappa shape index (κ2) is 16.8. The summed E-state index contributed by atoms with van der Waals surface area (Å²) in [6.07, 6.45) is 0. The van der Waals surface area contributed by atoms with Gasteiger partial charge in [-0.25, -0.2) is 9.97 Å². The fourth-order valence-electron chi connectivity index (χ4n) is 3.86. The van der Waals surface area contributed by atoms with Gasteiger partial charge in [-0.2, -0.15) is 5.26 Å². The Kier molecular flexibility index (Phi) is 15.0. The molecule has 0 amide bonds. The average Bonchev–Trinajstić information content (AvgIpc) is 3.61. The number of nitrogens with zero attached hydrogens (tertiary/aromatic N) is 6. The van der Waals surface area contributed by atoms with Gasteiger partial charge in [0.1, 0.15) is 6.07 Å². The van der Waals surface area contributed by atoms with Crippen LogP contribution in [-0.4, -0.2) is 53.7 Å². The van der Waals surface area contributed by atoms with Crippen LogP contribution in [-0.2, 0) is 26.5 Å². The predicted octanol–water partition coefficient (Wildman–Crippen LogP) is 6.54. The number of ether oxygens (including phenoxy) is 2. The molecule has 0 radical (unpaired) electrons. The molecule has 0 spiro atoms. The van der Waals surface area contributed by atoms with Crippen LogP contribution in [0.2, 0.25) is 0 Å². The largest absolute Gasteiger partial charge is 1.00 e. The topological polar surface area (TPSA) is 102 Å². The Morgan fingerprint density at radius 2 is 1.47 bits per heavy atom. The van der Waals surface area contributed by atoms with Crippen molar-refractivity contribution in [1.82, 2.24) is 19.1 Å². The van der Waals surface area contributed by atoms with Crippen LogP contribution >= 0.6 is 38.6 Å². The van der Waals surface area contributed by atoms with Crippen molar-refractivity contribution >= 4 is 59.3 Å². The van der Waals surface area contributed by atoms with E-state index in [0.717, 1.165) is 31.7 Å². The summed E-state index contributed by atoms with van der Waals surface area (Å²) < 4.78 is 33.5. The van der Waals surface area contributed by atoms with Crippen molar-refractivity contribution in [3.05, 3.63) is 39.0 Å². The second-order valence-corrected chi connectivity index (χ2v) is 9.83. The third-order valence-electron chi connectivity index (χ3n) is 5.19. The van der Waals surface area contributed by atoms with Crippen molar-refractivity contribution in [1.29, 1.82) is 10.5 Å². The maximum atomic E-state index is 9.96. The van der Waals surface area contributed by atoms with E-state index in [4.69, 9.17) is 27.9 Å². The Morgan fingerprint density at radius 1 is 1.06 bits per heavy atom. The molecule has 4 rings (SSSR count). The number of methoxy groups -OCH3 is 2. The Hall–Kier alpha value is -1.83. The van der Waals surface area contributed by atoms with Crippen LogP contribution in [0.25, 0.3) is 20.7 Å². The molecule has 0 saturated carbocycles. The van der Waals surface area contributed by atoms with Crippen LogP contribution in [0.3, 0.4) is 0 Å². The molecule has 0 aliphatic carbocycles. The maximum Gasteiger partial charge on any atom is 1.00 e. The molecule has 0 aromatic carbocycles. The van der Waals surface area contributed by atoms with E-state index in [-0.39, 0.29) is 23.1 Å². The Bertz CT molecular complexity index is 1300. The molecule has 36 heavy (non-hydrogen) atoms. The van der Waals surface area contributed by atoms with Gasteiger partial charge < -0.3 is 30.4 Å². The van der Waals surface area contributed by atoms with E-state index in [9.17, 15) is 4.39 Å². The second-order valence-electron chi connectivity index (χ2n) is 7.33. The third-order valence-corrected chi connectivity index (χ3v) is 8.09. The number of hydrogen-bond donors (Lipinski definition) is 0. The van der Waals surface area contributed by atoms with E-state index < -0.39 is 7.15 Å². The molecule has 0 saturated heterocycles. The zero-order valence-electron chi connectivity index (χ0n) is 21.8. The summed E-state index contributed by atoms with van der Waals surface area (Å²) in [7, 11) is 2.40. The number of fused-ring (bicyclic) bond motifs is 2. The molecule has 8 nitrogen and oxygen atoms in total. The fraction of sp³-hybridized carbons (Fsp3) is 0.478. The number of nitriles is 1. The Labute approximate surface area is 239 Å². The summed E-state index contributed by atoms with van der Waals surface area (Å²) in [6, 6.07) is 2.75. The quantitative estimate of drug-likeness (QED) is 0.174. The van der Waals surface area contributed by atoms with Gasteiger partial charge in [-0.05, 0) is 43.6 Å². The zero-order valence-corrected chi connectivity index (χ0v) is 25.0. The summed E-state index contributed by atoms with van der Waals surface area (Å²) in [5.41, 5.74) is 8.53. The van der Waals surface area contributed by atoms with Crippen molar-refractivity contribution in [2.75, 3.05) is 34.6 Å². The third kappa shape index (κ3) is 7.14. The van der Waals surface area contributed by atoms with Gasteiger partial charge in [0.25, 0.3) is 0 Å². The van der Waals surface area contributed by atoms with Crippen LogP contribution in [0, 0.1) is 37.0 Å². The minimum absolute atomic E-state index is 0. The fourth-order valence-corrected chi connectivity index (χ4v) is 6.10. The first kappa shape index (κ1) is 32.2. The molecular formula is C23H29BrCuFN6O2S2. The molecule has 0 aliphatic heterocycles. The zero-order chi connectivity index (χ0) is 27.4. The van der Waals surface area contributed by atoms with Gasteiger partial charge in [0, 0.05) is 25.6 Å². The molecule has 4 aromatic heterocycles. The van der Waals surface area contributed by atoms with Crippen molar-refractivity contribution in [3.63, 3.8) is 0 Å². The Balaban J connectivity index is 0.000000585. The molecule has 0 fully saturated rings. The number of alkyl halides is 1. The molecule has 0 bridgehead atoms. The predicted molar refractivity (Wildman–Crippen MR) is 142 cm³/mol. The molecule has 200 valence electrons. The minimum atomic E-state index is -1.00. The molecule has 0 aliphatic rings. The first-order chi connectivity index (χ1) is 17.3.